The van der Waals surface area contributed by atoms with Gasteiger partial charge in [0.25, 0.3) is 11.8 Å². The van der Waals surface area contributed by atoms with E-state index in [4.69, 9.17) is 11.6 Å². The van der Waals surface area contributed by atoms with Crippen LogP contribution in [0.25, 0.3) is 0 Å². The zero-order chi connectivity index (χ0) is 20.8. The molecule has 0 aliphatic heterocycles. The predicted molar refractivity (Wildman–Crippen MR) is 113 cm³/mol. The number of halogens is 2. The van der Waals surface area contributed by atoms with Gasteiger partial charge < -0.3 is 10.2 Å². The number of anilines is 1. The van der Waals surface area contributed by atoms with Gasteiger partial charge in [0.2, 0.25) is 0 Å². The second-order valence-corrected chi connectivity index (χ2v) is 6.94. The van der Waals surface area contributed by atoms with Crippen molar-refractivity contribution in [1.29, 1.82) is 0 Å². The van der Waals surface area contributed by atoms with Crippen LogP contribution in [-0.4, -0.2) is 24.9 Å². The van der Waals surface area contributed by atoms with Crippen LogP contribution in [0.3, 0.4) is 0 Å². The summed E-state index contributed by atoms with van der Waals surface area (Å²) in [6.07, 6.45) is 0. The molecule has 0 unspecified atom stereocenters. The van der Waals surface area contributed by atoms with Gasteiger partial charge in [-0.3, -0.25) is 9.59 Å². The van der Waals surface area contributed by atoms with Crippen LogP contribution in [0, 0.1) is 12.7 Å². The number of amides is 2. The fourth-order valence-electron chi connectivity index (χ4n) is 2.84. The third kappa shape index (κ3) is 5.21. The van der Waals surface area contributed by atoms with E-state index in [0.29, 0.717) is 21.8 Å². The van der Waals surface area contributed by atoms with Gasteiger partial charge in [0.1, 0.15) is 5.82 Å². The number of nitrogens with zero attached hydrogens (tertiary/aromatic N) is 1. The van der Waals surface area contributed by atoms with Crippen molar-refractivity contribution in [2.75, 3.05) is 18.0 Å². The second kappa shape index (κ2) is 9.34. The average molecular weight is 411 g/mol. The molecule has 0 aliphatic carbocycles. The molecule has 0 saturated heterocycles. The first-order chi connectivity index (χ1) is 14.0. The number of aryl methyl sites for hydroxylation is 1. The number of benzene rings is 3. The molecule has 6 heteroatoms. The lowest BCUT2D eigenvalue weighted by molar-refractivity contribution is 0.0943. The van der Waals surface area contributed by atoms with Gasteiger partial charge in [-0.15, -0.1) is 0 Å². The Morgan fingerprint density at radius 1 is 0.966 bits per heavy atom. The monoisotopic (exact) mass is 410 g/mol. The van der Waals surface area contributed by atoms with E-state index in [9.17, 15) is 14.0 Å². The normalized spacial score (nSPS) is 10.4. The molecule has 0 aromatic heterocycles. The number of hydrogen-bond acceptors (Lipinski definition) is 2. The van der Waals surface area contributed by atoms with Gasteiger partial charge in [0.15, 0.2) is 0 Å². The molecule has 0 spiro atoms. The summed E-state index contributed by atoms with van der Waals surface area (Å²) >= 11 is 6.05. The van der Waals surface area contributed by atoms with Crippen molar-refractivity contribution in [3.8, 4) is 0 Å². The molecule has 3 aromatic carbocycles. The Morgan fingerprint density at radius 2 is 1.62 bits per heavy atom. The summed E-state index contributed by atoms with van der Waals surface area (Å²) in [7, 11) is 0. The molecule has 0 saturated carbocycles. The van der Waals surface area contributed by atoms with Crippen LogP contribution in [0.1, 0.15) is 26.3 Å². The third-order valence-electron chi connectivity index (χ3n) is 4.42. The van der Waals surface area contributed by atoms with Crippen LogP contribution in [-0.2, 0) is 0 Å². The zero-order valence-corrected chi connectivity index (χ0v) is 16.6. The number of carbonyl (C=O) groups is 2. The first kappa shape index (κ1) is 20.6. The molecule has 3 aromatic rings. The van der Waals surface area contributed by atoms with Crippen LogP contribution in [0.4, 0.5) is 10.1 Å². The highest BCUT2D eigenvalue weighted by molar-refractivity contribution is 6.33. The Morgan fingerprint density at radius 3 is 2.28 bits per heavy atom. The van der Waals surface area contributed by atoms with Gasteiger partial charge in [-0.05, 0) is 55.5 Å². The predicted octanol–water partition coefficient (Wildman–Crippen LogP) is 4.86. The van der Waals surface area contributed by atoms with Crippen LogP contribution in [0.2, 0.25) is 5.02 Å². The Labute approximate surface area is 173 Å². The lowest BCUT2D eigenvalue weighted by Gasteiger charge is -2.23. The summed E-state index contributed by atoms with van der Waals surface area (Å²) in [5.74, 6) is -0.940. The largest absolute Gasteiger partial charge is 0.350 e. The van der Waals surface area contributed by atoms with Gasteiger partial charge in [-0.25, -0.2) is 4.39 Å². The summed E-state index contributed by atoms with van der Waals surface area (Å²) < 4.78 is 13.3. The van der Waals surface area contributed by atoms with E-state index in [1.807, 2.05) is 19.1 Å². The van der Waals surface area contributed by atoms with Gasteiger partial charge in [-0.2, -0.15) is 0 Å². The molecule has 0 radical (unpaired) electrons. The lowest BCUT2D eigenvalue weighted by atomic mass is 10.1. The highest BCUT2D eigenvalue weighted by atomic mass is 35.5. The van der Waals surface area contributed by atoms with E-state index in [1.54, 1.807) is 36.4 Å². The highest BCUT2D eigenvalue weighted by Gasteiger charge is 2.18. The number of hydrogen-bond donors (Lipinski definition) is 1. The average Bonchev–Trinajstić information content (AvgIpc) is 2.72. The Hall–Kier alpha value is -3.18. The van der Waals surface area contributed by atoms with E-state index < -0.39 is 0 Å². The lowest BCUT2D eigenvalue weighted by Crippen LogP contribution is -2.38. The SMILES string of the molecule is Cc1ccc(C(=O)N(CCNC(=O)c2ccccc2Cl)c2ccc(F)cc2)cc1. The summed E-state index contributed by atoms with van der Waals surface area (Å²) in [6, 6.07) is 19.6. The summed E-state index contributed by atoms with van der Waals surface area (Å²) in [6.45, 7) is 2.36. The molecule has 29 heavy (non-hydrogen) atoms. The maximum absolute atomic E-state index is 13.3. The molecule has 0 aliphatic rings. The number of rotatable bonds is 6. The van der Waals surface area contributed by atoms with Gasteiger partial charge >= 0.3 is 0 Å². The van der Waals surface area contributed by atoms with Gasteiger partial charge in [0.05, 0.1) is 10.6 Å². The topological polar surface area (TPSA) is 49.4 Å². The third-order valence-corrected chi connectivity index (χ3v) is 4.75. The second-order valence-electron chi connectivity index (χ2n) is 6.53. The van der Waals surface area contributed by atoms with Crippen molar-refractivity contribution < 1.29 is 14.0 Å². The molecule has 148 valence electrons. The van der Waals surface area contributed by atoms with Crippen molar-refractivity contribution in [1.82, 2.24) is 5.32 Å². The van der Waals surface area contributed by atoms with Crippen molar-refractivity contribution in [2.45, 2.75) is 6.92 Å². The molecular weight excluding hydrogens is 391 g/mol. The molecule has 0 bridgehead atoms. The van der Waals surface area contributed by atoms with Gasteiger partial charge in [-0.1, -0.05) is 41.4 Å². The van der Waals surface area contributed by atoms with Crippen molar-refractivity contribution in [2.24, 2.45) is 0 Å². The van der Waals surface area contributed by atoms with Crippen molar-refractivity contribution in [3.05, 3.63) is 100 Å². The summed E-state index contributed by atoms with van der Waals surface area (Å²) in [5.41, 5.74) is 2.47. The molecule has 2 amide bonds. The standard InChI is InChI=1S/C23H20ClFN2O2/c1-16-6-8-17(9-7-16)23(29)27(19-12-10-18(25)11-13-19)15-14-26-22(28)20-4-2-3-5-21(20)24/h2-13H,14-15H2,1H3,(H,26,28). The Bertz CT molecular complexity index is 1000. The van der Waals surface area contributed by atoms with E-state index in [-0.39, 0.29) is 30.7 Å². The molecular formula is C23H20ClFN2O2. The minimum atomic E-state index is -0.386. The first-order valence-corrected chi connectivity index (χ1v) is 9.50. The van der Waals surface area contributed by atoms with Crippen LogP contribution >= 0.6 is 11.6 Å². The van der Waals surface area contributed by atoms with E-state index in [2.05, 4.69) is 5.32 Å². The van der Waals surface area contributed by atoms with Crippen LogP contribution < -0.4 is 10.2 Å². The zero-order valence-electron chi connectivity index (χ0n) is 15.9. The summed E-state index contributed by atoms with van der Waals surface area (Å²) in [5, 5.41) is 3.13. The fourth-order valence-corrected chi connectivity index (χ4v) is 3.06. The molecule has 1 N–H and O–H groups in total. The Balaban J connectivity index is 1.75. The minimum absolute atomic E-state index is 0.207. The van der Waals surface area contributed by atoms with E-state index >= 15 is 0 Å². The summed E-state index contributed by atoms with van der Waals surface area (Å²) in [4.78, 5) is 26.9. The molecule has 4 nitrogen and oxygen atoms in total. The van der Waals surface area contributed by atoms with Crippen LogP contribution in [0.5, 0.6) is 0 Å². The van der Waals surface area contributed by atoms with E-state index in [1.165, 1.54) is 29.2 Å². The fraction of sp³-hybridized carbons (Fsp3) is 0.130. The Kier molecular flexibility index (Phi) is 6.62. The van der Waals surface area contributed by atoms with Crippen molar-refractivity contribution in [3.63, 3.8) is 0 Å². The maximum atomic E-state index is 13.3. The van der Waals surface area contributed by atoms with Crippen LogP contribution in [0.15, 0.2) is 72.8 Å². The quantitative estimate of drug-likeness (QED) is 0.630. The maximum Gasteiger partial charge on any atom is 0.258 e. The number of nitrogens with one attached hydrogen (secondary N) is 1. The smallest absolute Gasteiger partial charge is 0.258 e. The van der Waals surface area contributed by atoms with E-state index in [0.717, 1.165) is 5.56 Å². The first-order valence-electron chi connectivity index (χ1n) is 9.12. The van der Waals surface area contributed by atoms with Crippen molar-refractivity contribution >= 4 is 29.1 Å². The highest BCUT2D eigenvalue weighted by Crippen LogP contribution is 2.18. The number of carbonyl (C=O) groups excluding carboxylic acids is 2. The molecule has 0 fully saturated rings. The van der Waals surface area contributed by atoms with Gasteiger partial charge in [0, 0.05) is 24.3 Å². The molecule has 3 rings (SSSR count). The molecule has 0 atom stereocenters. The minimum Gasteiger partial charge on any atom is -0.350 e. The molecule has 0 heterocycles.